The van der Waals surface area contributed by atoms with Crippen molar-refractivity contribution >= 4 is 21.4 Å². The number of halogens is 1. The fourth-order valence-corrected chi connectivity index (χ4v) is 5.24. The lowest BCUT2D eigenvalue weighted by molar-refractivity contribution is 0.427. The molecular formula is C24H25FN2O2S. The van der Waals surface area contributed by atoms with Crippen LogP contribution in [0.1, 0.15) is 43.0 Å². The third-order valence-electron chi connectivity index (χ3n) is 5.64. The van der Waals surface area contributed by atoms with Crippen LogP contribution < -0.4 is 10.0 Å². The third-order valence-corrected chi connectivity index (χ3v) is 7.00. The van der Waals surface area contributed by atoms with E-state index in [0.29, 0.717) is 5.69 Å². The molecule has 0 radical (unpaired) electrons. The highest BCUT2D eigenvalue weighted by Crippen LogP contribution is 2.45. The number of sulfonamides is 1. The number of hydrogen-bond donors (Lipinski definition) is 2. The van der Waals surface area contributed by atoms with Crippen LogP contribution in [-0.4, -0.2) is 8.42 Å². The van der Waals surface area contributed by atoms with Crippen LogP contribution in [0.4, 0.5) is 15.8 Å². The summed E-state index contributed by atoms with van der Waals surface area (Å²) in [6.45, 7) is 6.50. The minimum Gasteiger partial charge on any atom is -0.378 e. The number of anilines is 2. The summed E-state index contributed by atoms with van der Waals surface area (Å²) >= 11 is 0. The molecule has 3 aromatic rings. The molecule has 1 heterocycles. The number of fused-ring (bicyclic) bond motifs is 1. The maximum atomic E-state index is 13.6. The van der Waals surface area contributed by atoms with Gasteiger partial charge in [0.25, 0.3) is 10.0 Å². The van der Waals surface area contributed by atoms with Crippen LogP contribution in [0.15, 0.2) is 71.6 Å². The summed E-state index contributed by atoms with van der Waals surface area (Å²) < 4.78 is 41.9. The molecule has 1 aliphatic heterocycles. The highest BCUT2D eigenvalue weighted by atomic mass is 32.2. The minimum atomic E-state index is -3.91. The normalized spacial score (nSPS) is 17.7. The van der Waals surface area contributed by atoms with E-state index in [2.05, 4.69) is 49.0 Å². The van der Waals surface area contributed by atoms with E-state index in [0.717, 1.165) is 23.7 Å². The van der Waals surface area contributed by atoms with Gasteiger partial charge < -0.3 is 5.32 Å². The Labute approximate surface area is 177 Å². The Morgan fingerprint density at radius 2 is 1.80 bits per heavy atom. The van der Waals surface area contributed by atoms with E-state index in [9.17, 15) is 12.8 Å². The van der Waals surface area contributed by atoms with Crippen molar-refractivity contribution in [2.75, 3.05) is 10.0 Å². The molecule has 3 aromatic carbocycles. The number of hydrogen-bond acceptors (Lipinski definition) is 3. The summed E-state index contributed by atoms with van der Waals surface area (Å²) in [7, 11) is -3.91. The van der Waals surface area contributed by atoms with Crippen molar-refractivity contribution in [2.45, 2.75) is 43.5 Å². The second-order valence-electron chi connectivity index (χ2n) is 8.48. The monoisotopic (exact) mass is 424 g/mol. The van der Waals surface area contributed by atoms with Gasteiger partial charge in [-0.15, -0.1) is 0 Å². The lowest BCUT2D eigenvalue weighted by Gasteiger charge is -2.39. The number of nitrogens with one attached hydrogen (secondary N) is 2. The van der Waals surface area contributed by atoms with E-state index in [-0.39, 0.29) is 16.4 Å². The summed E-state index contributed by atoms with van der Waals surface area (Å²) in [5.74, 6) is -0.589. The molecule has 0 saturated heterocycles. The Morgan fingerprint density at radius 1 is 1.03 bits per heavy atom. The summed E-state index contributed by atoms with van der Waals surface area (Å²) in [5, 5.41) is 3.58. The molecule has 0 aromatic heterocycles. The van der Waals surface area contributed by atoms with E-state index >= 15 is 0 Å². The zero-order valence-electron chi connectivity index (χ0n) is 17.2. The van der Waals surface area contributed by atoms with Crippen LogP contribution in [0.3, 0.4) is 0 Å². The Bertz CT molecular complexity index is 1210. The second-order valence-corrected chi connectivity index (χ2v) is 10.2. The van der Waals surface area contributed by atoms with Gasteiger partial charge in [-0.05, 0) is 60.2 Å². The Balaban J connectivity index is 1.70. The van der Waals surface area contributed by atoms with Crippen LogP contribution in [0, 0.1) is 12.7 Å². The minimum absolute atomic E-state index is 0.0679. The molecule has 4 nitrogen and oxygen atoms in total. The van der Waals surface area contributed by atoms with Gasteiger partial charge in [-0.3, -0.25) is 4.72 Å². The molecule has 156 valence electrons. The van der Waals surface area contributed by atoms with Crippen LogP contribution >= 0.6 is 0 Å². The van der Waals surface area contributed by atoms with Crippen LogP contribution in [0.2, 0.25) is 0 Å². The molecular weight excluding hydrogens is 399 g/mol. The van der Waals surface area contributed by atoms with Crippen molar-refractivity contribution in [1.29, 1.82) is 0 Å². The topological polar surface area (TPSA) is 58.2 Å². The highest BCUT2D eigenvalue weighted by Gasteiger charge is 2.34. The molecule has 30 heavy (non-hydrogen) atoms. The molecule has 0 spiro atoms. The number of aryl methyl sites for hydroxylation is 1. The van der Waals surface area contributed by atoms with Crippen molar-refractivity contribution < 1.29 is 12.8 Å². The molecule has 6 heteroatoms. The molecule has 0 fully saturated rings. The van der Waals surface area contributed by atoms with E-state index < -0.39 is 15.8 Å². The number of para-hydroxylation sites is 1. The van der Waals surface area contributed by atoms with Gasteiger partial charge in [0.1, 0.15) is 5.82 Å². The zero-order valence-corrected chi connectivity index (χ0v) is 18.1. The Kier molecular flexibility index (Phi) is 5.06. The van der Waals surface area contributed by atoms with Gasteiger partial charge >= 0.3 is 0 Å². The smallest absolute Gasteiger partial charge is 0.262 e. The van der Waals surface area contributed by atoms with Crippen molar-refractivity contribution in [2.24, 2.45) is 0 Å². The lowest BCUT2D eigenvalue weighted by Crippen LogP contribution is -2.31. The molecule has 1 aliphatic rings. The molecule has 0 bridgehead atoms. The molecule has 1 atom stereocenters. The molecule has 2 N–H and O–H groups in total. The van der Waals surface area contributed by atoms with Gasteiger partial charge in [0, 0.05) is 5.69 Å². The van der Waals surface area contributed by atoms with Gasteiger partial charge in [-0.2, -0.15) is 0 Å². The number of rotatable bonds is 4. The van der Waals surface area contributed by atoms with E-state index in [4.69, 9.17) is 0 Å². The molecule has 0 amide bonds. The Morgan fingerprint density at radius 3 is 2.57 bits per heavy atom. The third kappa shape index (κ3) is 3.92. The Hall–Kier alpha value is -2.86. The van der Waals surface area contributed by atoms with Crippen LogP contribution in [0.25, 0.3) is 0 Å². The first-order valence-corrected chi connectivity index (χ1v) is 11.4. The summed E-state index contributed by atoms with van der Waals surface area (Å²) in [5.41, 5.74) is 4.81. The standard InChI is InChI=1S/C24H25FN2O2S/c1-16-11-12-22-20(13-16)24(2,3)15-23(26-22)19-9-4-5-10-21(19)27-30(28,29)18-8-6-7-17(25)14-18/h4-14,23,26-27H,15H2,1-3H3. The highest BCUT2D eigenvalue weighted by molar-refractivity contribution is 7.92. The fourth-order valence-electron chi connectivity index (χ4n) is 4.12. The predicted molar refractivity (Wildman–Crippen MR) is 119 cm³/mol. The van der Waals surface area contributed by atoms with E-state index in [1.165, 1.54) is 29.3 Å². The van der Waals surface area contributed by atoms with Gasteiger partial charge in [0.15, 0.2) is 0 Å². The molecule has 4 rings (SSSR count). The maximum absolute atomic E-state index is 13.6. The quantitative estimate of drug-likeness (QED) is 0.559. The van der Waals surface area contributed by atoms with Crippen LogP contribution in [0.5, 0.6) is 0 Å². The van der Waals surface area contributed by atoms with Crippen molar-refractivity contribution in [1.82, 2.24) is 0 Å². The first kappa shape index (κ1) is 20.4. The van der Waals surface area contributed by atoms with Gasteiger partial charge in [-0.1, -0.05) is 55.8 Å². The zero-order chi connectivity index (χ0) is 21.5. The fraction of sp³-hybridized carbons (Fsp3) is 0.250. The summed E-state index contributed by atoms with van der Waals surface area (Å²) in [6, 6.07) is 18.7. The molecule has 1 unspecified atom stereocenters. The van der Waals surface area contributed by atoms with Gasteiger partial charge in [0.2, 0.25) is 0 Å². The van der Waals surface area contributed by atoms with Crippen molar-refractivity contribution in [3.8, 4) is 0 Å². The average Bonchev–Trinajstić information content (AvgIpc) is 2.68. The lowest BCUT2D eigenvalue weighted by atomic mass is 9.73. The number of benzene rings is 3. The van der Waals surface area contributed by atoms with Gasteiger partial charge in [0.05, 0.1) is 16.6 Å². The van der Waals surface area contributed by atoms with Crippen molar-refractivity contribution in [3.63, 3.8) is 0 Å². The summed E-state index contributed by atoms with van der Waals surface area (Å²) in [6.07, 6.45) is 0.808. The largest absolute Gasteiger partial charge is 0.378 e. The first-order valence-electron chi connectivity index (χ1n) is 9.91. The van der Waals surface area contributed by atoms with E-state index in [1.807, 2.05) is 12.1 Å². The SMILES string of the molecule is Cc1ccc2c(c1)C(C)(C)CC(c1ccccc1NS(=O)(=O)c1cccc(F)c1)N2. The second kappa shape index (κ2) is 7.43. The van der Waals surface area contributed by atoms with Crippen LogP contribution in [-0.2, 0) is 15.4 Å². The molecule has 0 aliphatic carbocycles. The summed E-state index contributed by atoms with van der Waals surface area (Å²) in [4.78, 5) is -0.102. The predicted octanol–water partition coefficient (Wildman–Crippen LogP) is 5.77. The molecule has 0 saturated carbocycles. The van der Waals surface area contributed by atoms with Crippen molar-refractivity contribution in [3.05, 3.63) is 89.2 Å². The van der Waals surface area contributed by atoms with Gasteiger partial charge in [-0.25, -0.2) is 12.8 Å². The first-order chi connectivity index (χ1) is 14.2. The average molecular weight is 425 g/mol. The van der Waals surface area contributed by atoms with E-state index in [1.54, 1.807) is 12.1 Å². The maximum Gasteiger partial charge on any atom is 0.262 e.